The maximum absolute atomic E-state index is 13.4. The summed E-state index contributed by atoms with van der Waals surface area (Å²) >= 11 is 0. The first-order valence-corrected chi connectivity index (χ1v) is 11.0. The zero-order valence-electron chi connectivity index (χ0n) is 17.5. The topological polar surface area (TPSA) is 45.1 Å². The number of methoxy groups -OCH3 is 1. The van der Waals surface area contributed by atoms with Gasteiger partial charge in [0.1, 0.15) is 5.75 Å². The highest BCUT2D eigenvalue weighted by atomic mass is 16.5. The van der Waals surface area contributed by atoms with Crippen LogP contribution in [-0.4, -0.2) is 47.8 Å². The van der Waals surface area contributed by atoms with Crippen LogP contribution in [0.1, 0.15) is 49.3 Å². The Morgan fingerprint density at radius 1 is 1.07 bits per heavy atom. The fraction of sp³-hybridized carbons (Fsp3) is 0.440. The van der Waals surface area contributed by atoms with Gasteiger partial charge >= 0.3 is 0 Å². The molecule has 2 aliphatic carbocycles. The molecule has 0 N–H and O–H groups in total. The summed E-state index contributed by atoms with van der Waals surface area (Å²) in [5.74, 6) is 1.72. The van der Waals surface area contributed by atoms with Crippen LogP contribution in [0.4, 0.5) is 0 Å². The van der Waals surface area contributed by atoms with E-state index in [9.17, 15) is 4.79 Å². The number of hydrogen-bond acceptors (Lipinski definition) is 4. The quantitative estimate of drug-likeness (QED) is 0.662. The van der Waals surface area contributed by atoms with Gasteiger partial charge in [-0.05, 0) is 54.9 Å². The molecule has 0 radical (unpaired) electrons. The monoisotopic (exact) mass is 403 g/mol. The third kappa shape index (κ3) is 4.26. The molecule has 156 valence electrons. The third-order valence-corrected chi connectivity index (χ3v) is 6.36. The number of ether oxygens (including phenoxy) is 1. The second-order valence-electron chi connectivity index (χ2n) is 8.75. The number of rotatable bonds is 8. The average molecular weight is 404 g/mol. The van der Waals surface area contributed by atoms with Crippen LogP contribution in [0.15, 0.2) is 59.7 Å². The lowest BCUT2D eigenvalue weighted by Gasteiger charge is -2.27. The predicted molar refractivity (Wildman–Crippen MR) is 117 cm³/mol. The SMILES string of the molecule is COc1ccc(C2CC(c3ccccc3)=NN2C(=O)CN(CC2CC2)C2CC2)cc1. The average Bonchev–Trinajstić information content (AvgIpc) is 3.72. The van der Waals surface area contributed by atoms with Gasteiger partial charge in [-0.1, -0.05) is 42.5 Å². The van der Waals surface area contributed by atoms with Crippen LogP contribution in [0.2, 0.25) is 0 Å². The molecule has 0 spiro atoms. The first kappa shape index (κ1) is 19.3. The molecule has 5 rings (SSSR count). The molecule has 0 saturated heterocycles. The molecular weight excluding hydrogens is 374 g/mol. The lowest BCUT2D eigenvalue weighted by Crippen LogP contribution is -2.40. The summed E-state index contributed by atoms with van der Waals surface area (Å²) in [7, 11) is 1.67. The van der Waals surface area contributed by atoms with Crippen molar-refractivity contribution in [3.05, 3.63) is 65.7 Å². The van der Waals surface area contributed by atoms with Crippen molar-refractivity contribution in [1.82, 2.24) is 9.91 Å². The second kappa shape index (κ2) is 8.23. The van der Waals surface area contributed by atoms with Crippen LogP contribution in [0.5, 0.6) is 5.75 Å². The fourth-order valence-corrected chi connectivity index (χ4v) is 4.29. The number of carbonyl (C=O) groups excluding carboxylic acids is 1. The Morgan fingerprint density at radius 3 is 2.43 bits per heavy atom. The zero-order chi connectivity index (χ0) is 20.5. The van der Waals surface area contributed by atoms with Crippen molar-refractivity contribution >= 4 is 11.6 Å². The van der Waals surface area contributed by atoms with E-state index in [0.717, 1.165) is 41.5 Å². The van der Waals surface area contributed by atoms with E-state index >= 15 is 0 Å². The zero-order valence-corrected chi connectivity index (χ0v) is 17.5. The number of nitrogens with zero attached hydrogens (tertiary/aromatic N) is 3. The van der Waals surface area contributed by atoms with Crippen LogP contribution < -0.4 is 4.74 Å². The molecule has 1 unspecified atom stereocenters. The van der Waals surface area contributed by atoms with Gasteiger partial charge in [-0.15, -0.1) is 0 Å². The minimum atomic E-state index is -0.0689. The van der Waals surface area contributed by atoms with Crippen molar-refractivity contribution in [1.29, 1.82) is 0 Å². The molecule has 1 aliphatic heterocycles. The van der Waals surface area contributed by atoms with Gasteiger partial charge in [0, 0.05) is 19.0 Å². The molecule has 5 nitrogen and oxygen atoms in total. The molecule has 1 heterocycles. The van der Waals surface area contributed by atoms with Gasteiger partial charge in [0.2, 0.25) is 0 Å². The summed E-state index contributed by atoms with van der Waals surface area (Å²) in [6, 6.07) is 18.7. The van der Waals surface area contributed by atoms with Crippen molar-refractivity contribution in [2.75, 3.05) is 20.2 Å². The van der Waals surface area contributed by atoms with E-state index in [2.05, 4.69) is 29.2 Å². The summed E-state index contributed by atoms with van der Waals surface area (Å²) in [5.41, 5.74) is 3.16. The molecule has 0 aromatic heterocycles. The molecule has 0 bridgehead atoms. The van der Waals surface area contributed by atoms with Gasteiger partial charge in [-0.2, -0.15) is 5.10 Å². The highest BCUT2D eigenvalue weighted by Crippen LogP contribution is 2.37. The molecular formula is C25H29N3O2. The number of benzene rings is 2. The molecule has 5 heteroatoms. The largest absolute Gasteiger partial charge is 0.497 e. The van der Waals surface area contributed by atoms with E-state index in [-0.39, 0.29) is 11.9 Å². The van der Waals surface area contributed by atoms with Crippen LogP contribution in [0, 0.1) is 5.92 Å². The lowest BCUT2D eigenvalue weighted by atomic mass is 9.98. The maximum Gasteiger partial charge on any atom is 0.257 e. The number of carbonyl (C=O) groups is 1. The Balaban J connectivity index is 1.39. The van der Waals surface area contributed by atoms with Crippen LogP contribution in [-0.2, 0) is 4.79 Å². The Hall–Kier alpha value is -2.66. The molecule has 2 saturated carbocycles. The Kier molecular flexibility index (Phi) is 5.30. The number of hydrazone groups is 1. The van der Waals surface area contributed by atoms with Crippen molar-refractivity contribution in [2.45, 2.75) is 44.2 Å². The summed E-state index contributed by atoms with van der Waals surface area (Å²) < 4.78 is 5.31. The molecule has 3 aliphatic rings. The highest BCUT2D eigenvalue weighted by Gasteiger charge is 2.38. The molecule has 1 amide bonds. The predicted octanol–water partition coefficient (Wildman–Crippen LogP) is 4.25. The van der Waals surface area contributed by atoms with Gasteiger partial charge in [0.25, 0.3) is 5.91 Å². The maximum atomic E-state index is 13.4. The fourth-order valence-electron chi connectivity index (χ4n) is 4.29. The minimum absolute atomic E-state index is 0.0689. The Bertz CT molecular complexity index is 917. The third-order valence-electron chi connectivity index (χ3n) is 6.36. The van der Waals surface area contributed by atoms with Crippen molar-refractivity contribution in [3.63, 3.8) is 0 Å². The van der Waals surface area contributed by atoms with E-state index in [0.29, 0.717) is 12.6 Å². The Labute approximate surface area is 178 Å². The van der Waals surface area contributed by atoms with E-state index in [4.69, 9.17) is 9.84 Å². The van der Waals surface area contributed by atoms with Gasteiger partial charge in [0.05, 0.1) is 25.4 Å². The van der Waals surface area contributed by atoms with Crippen LogP contribution >= 0.6 is 0 Å². The molecule has 1 atom stereocenters. The van der Waals surface area contributed by atoms with E-state index in [1.807, 2.05) is 30.3 Å². The normalized spacial score (nSPS) is 21.1. The van der Waals surface area contributed by atoms with E-state index in [1.54, 1.807) is 12.1 Å². The summed E-state index contributed by atoms with van der Waals surface area (Å²) in [4.78, 5) is 15.8. The summed E-state index contributed by atoms with van der Waals surface area (Å²) in [5, 5.41) is 6.57. The first-order valence-electron chi connectivity index (χ1n) is 11.0. The van der Waals surface area contributed by atoms with E-state index < -0.39 is 0 Å². The van der Waals surface area contributed by atoms with Crippen LogP contribution in [0.25, 0.3) is 0 Å². The minimum Gasteiger partial charge on any atom is -0.497 e. The van der Waals surface area contributed by atoms with E-state index in [1.165, 1.54) is 25.7 Å². The van der Waals surface area contributed by atoms with Gasteiger partial charge in [0.15, 0.2) is 0 Å². The summed E-state index contributed by atoms with van der Waals surface area (Å²) in [6.07, 6.45) is 5.80. The van der Waals surface area contributed by atoms with Crippen molar-refractivity contribution in [3.8, 4) is 5.75 Å². The molecule has 30 heavy (non-hydrogen) atoms. The molecule has 2 aromatic carbocycles. The lowest BCUT2D eigenvalue weighted by molar-refractivity contribution is -0.134. The summed E-state index contributed by atoms with van der Waals surface area (Å²) in [6.45, 7) is 1.53. The smallest absolute Gasteiger partial charge is 0.257 e. The molecule has 2 fully saturated rings. The Morgan fingerprint density at radius 2 is 1.80 bits per heavy atom. The standard InChI is InChI=1S/C25H29N3O2/c1-30-22-13-9-20(10-14-22)24-15-23(19-5-3-2-4-6-19)26-28(24)25(29)17-27(21-11-12-21)16-18-7-8-18/h2-6,9-10,13-14,18,21,24H,7-8,11-12,15-17H2,1H3. The number of hydrogen-bond donors (Lipinski definition) is 0. The van der Waals surface area contributed by atoms with Gasteiger partial charge in [-0.3, -0.25) is 9.69 Å². The van der Waals surface area contributed by atoms with Crippen molar-refractivity contribution in [2.24, 2.45) is 11.0 Å². The molecule has 2 aromatic rings. The van der Waals surface area contributed by atoms with Gasteiger partial charge < -0.3 is 4.74 Å². The van der Waals surface area contributed by atoms with Crippen molar-refractivity contribution < 1.29 is 9.53 Å². The number of amides is 1. The second-order valence-corrected chi connectivity index (χ2v) is 8.75. The first-order chi connectivity index (χ1) is 14.7. The van der Waals surface area contributed by atoms with Gasteiger partial charge in [-0.25, -0.2) is 5.01 Å². The van der Waals surface area contributed by atoms with Crippen LogP contribution in [0.3, 0.4) is 0 Å². The highest BCUT2D eigenvalue weighted by molar-refractivity contribution is 6.03.